The summed E-state index contributed by atoms with van der Waals surface area (Å²) in [4.78, 5) is 32.1. The molecule has 0 bridgehead atoms. The average Bonchev–Trinajstić information content (AvgIpc) is 3.65. The van der Waals surface area contributed by atoms with E-state index in [1.54, 1.807) is 40.6 Å². The average molecular weight is 571 g/mol. The van der Waals surface area contributed by atoms with E-state index < -0.39 is 12.0 Å². The van der Waals surface area contributed by atoms with Crippen molar-refractivity contribution in [1.29, 1.82) is 0 Å². The van der Waals surface area contributed by atoms with E-state index in [2.05, 4.69) is 4.98 Å². The normalized spacial score (nSPS) is 23.4. The minimum absolute atomic E-state index is 0.0390. The van der Waals surface area contributed by atoms with E-state index in [1.165, 1.54) is 6.07 Å². The minimum atomic E-state index is -1.27. The fraction of sp³-hybridized carbons (Fsp3) is 0.394. The van der Waals surface area contributed by atoms with Crippen molar-refractivity contribution in [1.82, 2.24) is 19.5 Å². The first-order chi connectivity index (χ1) is 20.3. The van der Waals surface area contributed by atoms with Gasteiger partial charge in [-0.15, -0.1) is 0 Å². The molecule has 7 nitrogen and oxygen atoms in total. The lowest BCUT2D eigenvalue weighted by molar-refractivity contribution is -0.144. The van der Waals surface area contributed by atoms with Crippen LogP contribution in [0.15, 0.2) is 54.6 Å². The molecule has 4 aromatic rings. The number of alkyl halides is 1. The van der Waals surface area contributed by atoms with E-state index in [-0.39, 0.29) is 47.9 Å². The number of nitrogens with zero attached hydrogens (tertiary/aromatic N) is 4. The van der Waals surface area contributed by atoms with Crippen LogP contribution in [0.4, 0.5) is 8.78 Å². The largest absolute Gasteiger partial charge is 0.466 e. The molecule has 2 aromatic carbocycles. The molecule has 7 rings (SSSR count). The molecule has 1 amide bonds. The number of halogens is 2. The molecule has 1 aliphatic heterocycles. The lowest BCUT2D eigenvalue weighted by Crippen LogP contribution is -2.40. The van der Waals surface area contributed by atoms with Crippen molar-refractivity contribution < 1.29 is 23.1 Å². The quantitative estimate of drug-likeness (QED) is 0.241. The Morgan fingerprint density at radius 2 is 1.86 bits per heavy atom. The lowest BCUT2D eigenvalue weighted by atomic mass is 9.82. The number of hydrogen-bond acceptors (Lipinski definition) is 5. The molecule has 0 radical (unpaired) electrons. The molecule has 0 N–H and O–H groups in total. The van der Waals surface area contributed by atoms with E-state index >= 15 is 8.78 Å². The third kappa shape index (κ3) is 4.46. The predicted molar refractivity (Wildman–Crippen MR) is 152 cm³/mol. The number of benzene rings is 2. The number of fused-ring (bicyclic) bond motifs is 2. The summed E-state index contributed by atoms with van der Waals surface area (Å²) in [6.07, 6.45) is 2.40. The molecule has 4 atom stereocenters. The molecular weight excluding hydrogens is 538 g/mol. The van der Waals surface area contributed by atoms with Crippen molar-refractivity contribution >= 4 is 17.5 Å². The Hall–Kier alpha value is -4.14. The van der Waals surface area contributed by atoms with Crippen molar-refractivity contribution in [3.8, 4) is 11.3 Å². The van der Waals surface area contributed by atoms with Crippen LogP contribution in [0.1, 0.15) is 96.5 Å². The monoisotopic (exact) mass is 570 g/mol. The second-order valence-corrected chi connectivity index (χ2v) is 11.7. The fourth-order valence-corrected chi connectivity index (χ4v) is 6.46. The highest BCUT2D eigenvalue weighted by molar-refractivity contribution is 5.93. The third-order valence-electron chi connectivity index (χ3n) is 9.14. The second kappa shape index (κ2) is 10.3. The molecule has 0 saturated heterocycles. The van der Waals surface area contributed by atoms with Crippen molar-refractivity contribution in [3.63, 3.8) is 0 Å². The Kier molecular flexibility index (Phi) is 6.55. The first kappa shape index (κ1) is 26.7. The molecular formula is C33H32F2N4O3. The Morgan fingerprint density at radius 1 is 1.07 bits per heavy atom. The van der Waals surface area contributed by atoms with Gasteiger partial charge in [0, 0.05) is 23.2 Å². The third-order valence-corrected chi connectivity index (χ3v) is 9.14. The van der Waals surface area contributed by atoms with Gasteiger partial charge in [0.2, 0.25) is 0 Å². The van der Waals surface area contributed by atoms with Crippen LogP contribution in [-0.2, 0) is 9.53 Å². The maximum Gasteiger partial charge on any atom is 0.309 e. The highest BCUT2D eigenvalue weighted by Gasteiger charge is 2.45. The summed E-state index contributed by atoms with van der Waals surface area (Å²) in [6.45, 7) is 3.97. The summed E-state index contributed by atoms with van der Waals surface area (Å²) in [5, 5.41) is 4.73. The molecule has 216 valence electrons. The molecule has 42 heavy (non-hydrogen) atoms. The van der Waals surface area contributed by atoms with E-state index in [9.17, 15) is 9.59 Å². The first-order valence-electron chi connectivity index (χ1n) is 14.7. The van der Waals surface area contributed by atoms with Gasteiger partial charge < -0.3 is 9.64 Å². The van der Waals surface area contributed by atoms with Crippen LogP contribution >= 0.6 is 0 Å². The van der Waals surface area contributed by atoms with Crippen LogP contribution in [0.2, 0.25) is 0 Å². The van der Waals surface area contributed by atoms with Gasteiger partial charge in [-0.1, -0.05) is 36.8 Å². The van der Waals surface area contributed by atoms with Crippen LogP contribution in [-0.4, -0.2) is 44.5 Å². The number of rotatable bonds is 6. The second-order valence-electron chi connectivity index (χ2n) is 11.7. The van der Waals surface area contributed by atoms with Crippen molar-refractivity contribution in [3.05, 3.63) is 88.5 Å². The zero-order valence-corrected chi connectivity index (χ0v) is 23.6. The molecule has 3 heterocycles. The molecule has 0 unspecified atom stereocenters. The molecule has 2 fully saturated rings. The van der Waals surface area contributed by atoms with E-state index in [0.717, 1.165) is 36.1 Å². The topological polar surface area (TPSA) is 76.8 Å². The predicted octanol–water partition coefficient (Wildman–Crippen LogP) is 6.70. The molecule has 9 heteroatoms. The number of esters is 1. The van der Waals surface area contributed by atoms with Crippen LogP contribution in [0.3, 0.4) is 0 Å². The van der Waals surface area contributed by atoms with E-state index in [4.69, 9.17) is 9.84 Å². The van der Waals surface area contributed by atoms with Crippen molar-refractivity contribution in [2.45, 2.75) is 63.6 Å². The maximum absolute atomic E-state index is 15.4. The Morgan fingerprint density at radius 3 is 2.57 bits per heavy atom. The van der Waals surface area contributed by atoms with Crippen LogP contribution in [0.5, 0.6) is 0 Å². The summed E-state index contributed by atoms with van der Waals surface area (Å²) in [7, 11) is 0. The van der Waals surface area contributed by atoms with Gasteiger partial charge >= 0.3 is 5.97 Å². The van der Waals surface area contributed by atoms with Gasteiger partial charge in [-0.25, -0.2) is 18.3 Å². The summed E-state index contributed by atoms with van der Waals surface area (Å²) >= 11 is 0. The van der Waals surface area contributed by atoms with Gasteiger partial charge in [0.25, 0.3) is 5.91 Å². The van der Waals surface area contributed by atoms with Crippen molar-refractivity contribution in [2.75, 3.05) is 13.2 Å². The number of carbonyl (C=O) groups is 2. The molecule has 2 saturated carbocycles. The molecule has 3 aliphatic rings. The van der Waals surface area contributed by atoms with Gasteiger partial charge in [0.1, 0.15) is 17.7 Å². The Bertz CT molecular complexity index is 1710. The number of hydrogen-bond donors (Lipinski definition) is 0. The Balaban J connectivity index is 1.22. The fourth-order valence-electron chi connectivity index (χ4n) is 6.46. The standard InChI is InChI=1S/C33H32F2N4O3/c1-3-42-33(41)25-14-24(25)20-11-12-23(26(34)13-20)28-16-31-36-29(15-30(39(31)37-28)19-7-6-8-19)32(40)38-17-27(35)22-10-5-4-9-21(22)18(38)2/h4-5,9-13,15-16,18-19,24-25,27H,3,6-8,14,17H2,1-2H3/t18-,24-,25+,27-/m1/s1. The van der Waals surface area contributed by atoms with Gasteiger partial charge in [0.15, 0.2) is 5.65 Å². The molecule has 2 aromatic heterocycles. The highest BCUT2D eigenvalue weighted by Crippen LogP contribution is 2.49. The van der Waals surface area contributed by atoms with Gasteiger partial charge in [0.05, 0.1) is 30.8 Å². The van der Waals surface area contributed by atoms with Gasteiger partial charge in [-0.05, 0) is 73.9 Å². The van der Waals surface area contributed by atoms with Crippen molar-refractivity contribution in [2.24, 2.45) is 5.92 Å². The lowest BCUT2D eigenvalue weighted by Gasteiger charge is -2.37. The van der Waals surface area contributed by atoms with Gasteiger partial charge in [-0.2, -0.15) is 5.10 Å². The van der Waals surface area contributed by atoms with E-state index in [0.29, 0.717) is 35.5 Å². The maximum atomic E-state index is 15.4. The smallest absolute Gasteiger partial charge is 0.309 e. The Labute approximate surface area is 242 Å². The number of aromatic nitrogens is 3. The zero-order valence-electron chi connectivity index (χ0n) is 23.6. The first-order valence-corrected chi connectivity index (χ1v) is 14.7. The minimum Gasteiger partial charge on any atom is -0.466 e. The van der Waals surface area contributed by atoms with Crippen LogP contribution in [0.25, 0.3) is 16.9 Å². The van der Waals surface area contributed by atoms with Crippen LogP contribution in [0, 0.1) is 11.7 Å². The van der Waals surface area contributed by atoms with Gasteiger partial charge in [-0.3, -0.25) is 9.59 Å². The summed E-state index contributed by atoms with van der Waals surface area (Å²) in [5.74, 6) is -1.05. The zero-order chi connectivity index (χ0) is 29.1. The summed E-state index contributed by atoms with van der Waals surface area (Å²) in [6, 6.07) is 15.5. The summed E-state index contributed by atoms with van der Waals surface area (Å²) in [5.41, 5.74) is 4.48. The number of ether oxygens (including phenoxy) is 1. The highest BCUT2D eigenvalue weighted by atomic mass is 19.1. The molecule has 0 spiro atoms. The molecule has 2 aliphatic carbocycles. The van der Waals surface area contributed by atoms with Crippen LogP contribution < -0.4 is 0 Å². The van der Waals surface area contributed by atoms with E-state index in [1.807, 2.05) is 31.2 Å². The number of amides is 1. The summed E-state index contributed by atoms with van der Waals surface area (Å²) < 4.78 is 37.4. The number of carbonyl (C=O) groups excluding carboxylic acids is 2. The SMILES string of the molecule is CCOC(=O)[C@H]1C[C@@H]1c1ccc(-c2cc3nc(C(=O)N4C[C@@H](F)c5ccccc5[C@H]4C)cc(C4CCC4)n3n2)c(F)c1.